The van der Waals surface area contributed by atoms with Gasteiger partial charge in [-0.2, -0.15) is 0 Å². The number of hydrogen-bond acceptors (Lipinski definition) is 4. The van der Waals surface area contributed by atoms with Gasteiger partial charge in [0.1, 0.15) is 11.7 Å². The van der Waals surface area contributed by atoms with Crippen molar-refractivity contribution >= 4 is 23.9 Å². The Morgan fingerprint density at radius 2 is 1.60 bits per heavy atom. The molecule has 3 N–H and O–H groups in total. The van der Waals surface area contributed by atoms with Gasteiger partial charge in [-0.25, -0.2) is 4.79 Å². The first-order chi connectivity index (χ1) is 14.5. The number of aliphatic carboxylic acids is 1. The van der Waals surface area contributed by atoms with E-state index in [0.717, 1.165) is 5.56 Å². The highest BCUT2D eigenvalue weighted by Crippen LogP contribution is 2.09. The van der Waals surface area contributed by atoms with Crippen LogP contribution in [0.15, 0.2) is 89.2 Å². The van der Waals surface area contributed by atoms with Crippen LogP contribution in [0.2, 0.25) is 0 Å². The Morgan fingerprint density at radius 1 is 0.933 bits per heavy atom. The van der Waals surface area contributed by atoms with E-state index in [1.54, 1.807) is 54.6 Å². The Labute approximate surface area is 173 Å². The lowest BCUT2D eigenvalue weighted by atomic mass is 10.1. The van der Waals surface area contributed by atoms with Crippen molar-refractivity contribution < 1.29 is 23.9 Å². The quantitative estimate of drug-likeness (QED) is 0.500. The van der Waals surface area contributed by atoms with Crippen molar-refractivity contribution in [3.8, 4) is 0 Å². The first-order valence-corrected chi connectivity index (χ1v) is 9.22. The Kier molecular flexibility index (Phi) is 6.78. The fourth-order valence-electron chi connectivity index (χ4n) is 2.75. The average Bonchev–Trinajstić information content (AvgIpc) is 3.29. The molecule has 7 nitrogen and oxygen atoms in total. The molecule has 2 aromatic carbocycles. The van der Waals surface area contributed by atoms with Gasteiger partial charge >= 0.3 is 5.97 Å². The predicted molar refractivity (Wildman–Crippen MR) is 110 cm³/mol. The average molecular weight is 404 g/mol. The van der Waals surface area contributed by atoms with E-state index in [0.29, 0.717) is 5.56 Å². The van der Waals surface area contributed by atoms with Gasteiger partial charge in [-0.1, -0.05) is 60.7 Å². The van der Waals surface area contributed by atoms with Gasteiger partial charge in [-0.15, -0.1) is 0 Å². The zero-order valence-corrected chi connectivity index (χ0v) is 15.9. The van der Waals surface area contributed by atoms with Crippen LogP contribution in [-0.4, -0.2) is 28.9 Å². The smallest absolute Gasteiger partial charge is 0.326 e. The first kappa shape index (κ1) is 20.6. The molecule has 0 radical (unpaired) electrons. The summed E-state index contributed by atoms with van der Waals surface area (Å²) < 4.78 is 5.06. The van der Waals surface area contributed by atoms with Crippen LogP contribution in [0, 0.1) is 0 Å². The molecule has 0 aliphatic carbocycles. The molecule has 1 aromatic heterocycles. The third-order valence-corrected chi connectivity index (χ3v) is 4.23. The number of nitrogens with one attached hydrogen (secondary N) is 2. The van der Waals surface area contributed by atoms with Crippen molar-refractivity contribution in [3.05, 3.63) is 102 Å². The molecule has 3 rings (SSSR count). The summed E-state index contributed by atoms with van der Waals surface area (Å²) in [7, 11) is 0. The van der Waals surface area contributed by atoms with Gasteiger partial charge in [0.25, 0.3) is 11.8 Å². The number of carbonyl (C=O) groups excluding carboxylic acids is 2. The lowest BCUT2D eigenvalue weighted by molar-refractivity contribution is -0.141. The second-order valence-electron chi connectivity index (χ2n) is 6.45. The fraction of sp³-hybridized carbons (Fsp3) is 0.0870. The molecule has 0 unspecified atom stereocenters. The summed E-state index contributed by atoms with van der Waals surface area (Å²) in [6.07, 6.45) is 2.92. The topological polar surface area (TPSA) is 109 Å². The van der Waals surface area contributed by atoms with E-state index in [4.69, 9.17) is 4.42 Å². The number of rotatable bonds is 8. The zero-order chi connectivity index (χ0) is 21.3. The highest BCUT2D eigenvalue weighted by atomic mass is 16.4. The van der Waals surface area contributed by atoms with Crippen molar-refractivity contribution in [2.24, 2.45) is 0 Å². The van der Waals surface area contributed by atoms with Gasteiger partial charge in [-0.05, 0) is 29.3 Å². The third kappa shape index (κ3) is 5.68. The monoisotopic (exact) mass is 404 g/mol. The van der Waals surface area contributed by atoms with Crippen molar-refractivity contribution in [1.29, 1.82) is 0 Å². The largest absolute Gasteiger partial charge is 0.480 e. The molecule has 0 aliphatic heterocycles. The number of carbonyl (C=O) groups is 3. The molecule has 30 heavy (non-hydrogen) atoms. The third-order valence-electron chi connectivity index (χ3n) is 4.23. The van der Waals surface area contributed by atoms with Gasteiger partial charge < -0.3 is 20.2 Å². The first-order valence-electron chi connectivity index (χ1n) is 9.22. The number of furan rings is 1. The van der Waals surface area contributed by atoms with Crippen molar-refractivity contribution in [2.75, 3.05) is 0 Å². The summed E-state index contributed by atoms with van der Waals surface area (Å²) in [5, 5.41) is 14.5. The maximum atomic E-state index is 12.9. The van der Waals surface area contributed by atoms with E-state index in [1.165, 1.54) is 18.4 Å². The minimum atomic E-state index is -1.18. The van der Waals surface area contributed by atoms with Crippen LogP contribution in [0.1, 0.15) is 21.7 Å². The number of hydrogen-bond donors (Lipinski definition) is 3. The molecule has 0 aliphatic rings. The van der Waals surface area contributed by atoms with E-state index < -0.39 is 23.8 Å². The predicted octanol–water partition coefficient (Wildman–Crippen LogP) is 2.86. The van der Waals surface area contributed by atoms with Crippen LogP contribution in [0.4, 0.5) is 0 Å². The van der Waals surface area contributed by atoms with Gasteiger partial charge in [-0.3, -0.25) is 9.59 Å². The normalized spacial score (nSPS) is 12.1. The molecule has 0 fully saturated rings. The molecule has 1 atom stereocenters. The summed E-state index contributed by atoms with van der Waals surface area (Å²) >= 11 is 0. The highest BCUT2D eigenvalue weighted by molar-refractivity contribution is 6.05. The second kappa shape index (κ2) is 9.88. The van der Waals surface area contributed by atoms with E-state index in [2.05, 4.69) is 10.6 Å². The molecule has 2 amide bonds. The Bertz CT molecular complexity index is 1030. The van der Waals surface area contributed by atoms with Crippen molar-refractivity contribution in [2.45, 2.75) is 12.5 Å². The molecule has 1 heterocycles. The zero-order valence-electron chi connectivity index (χ0n) is 15.9. The van der Waals surface area contributed by atoms with Crippen LogP contribution < -0.4 is 10.6 Å². The maximum Gasteiger partial charge on any atom is 0.326 e. The van der Waals surface area contributed by atoms with Crippen LogP contribution in [-0.2, 0) is 16.0 Å². The second-order valence-corrected chi connectivity index (χ2v) is 6.45. The summed E-state index contributed by atoms with van der Waals surface area (Å²) in [5.74, 6) is -2.49. The SMILES string of the molecule is O=C(N[C@H](Cc1ccccc1)C(=O)O)/C(=C/c1ccccc1)NC(=O)c1ccco1. The van der Waals surface area contributed by atoms with E-state index in [1.807, 2.05) is 12.1 Å². The Balaban J connectivity index is 1.82. The summed E-state index contributed by atoms with van der Waals surface area (Å²) in [4.78, 5) is 36.9. The van der Waals surface area contributed by atoms with Crippen molar-refractivity contribution in [3.63, 3.8) is 0 Å². The fourth-order valence-corrected chi connectivity index (χ4v) is 2.75. The van der Waals surface area contributed by atoms with Crippen LogP contribution >= 0.6 is 0 Å². The summed E-state index contributed by atoms with van der Waals surface area (Å²) in [6.45, 7) is 0. The summed E-state index contributed by atoms with van der Waals surface area (Å²) in [6, 6.07) is 19.7. The van der Waals surface area contributed by atoms with E-state index >= 15 is 0 Å². The number of carboxylic acids is 1. The van der Waals surface area contributed by atoms with E-state index in [-0.39, 0.29) is 17.9 Å². The standard InChI is InChI=1S/C23H20N2O5/c26-21(25-19(23(28)29)15-17-10-5-2-6-11-17)18(14-16-8-3-1-4-9-16)24-22(27)20-12-7-13-30-20/h1-14,19H,15H2,(H,24,27)(H,25,26)(H,28,29)/b18-14-/t19-/m1/s1. The molecule has 0 saturated carbocycles. The molecule has 0 saturated heterocycles. The highest BCUT2D eigenvalue weighted by Gasteiger charge is 2.24. The molecular weight excluding hydrogens is 384 g/mol. The molecule has 152 valence electrons. The lowest BCUT2D eigenvalue weighted by Gasteiger charge is -2.16. The van der Waals surface area contributed by atoms with Gasteiger partial charge in [0, 0.05) is 6.42 Å². The van der Waals surface area contributed by atoms with Gasteiger partial charge in [0.15, 0.2) is 5.76 Å². The van der Waals surface area contributed by atoms with Crippen LogP contribution in [0.25, 0.3) is 6.08 Å². The Hall–Kier alpha value is -4.13. The number of amides is 2. The van der Waals surface area contributed by atoms with Gasteiger partial charge in [0.05, 0.1) is 6.26 Å². The lowest BCUT2D eigenvalue weighted by Crippen LogP contribution is -2.45. The Morgan fingerprint density at radius 3 is 2.20 bits per heavy atom. The van der Waals surface area contributed by atoms with E-state index in [9.17, 15) is 19.5 Å². The molecule has 7 heteroatoms. The van der Waals surface area contributed by atoms with Crippen molar-refractivity contribution in [1.82, 2.24) is 10.6 Å². The molecule has 0 spiro atoms. The van der Waals surface area contributed by atoms with Gasteiger partial charge in [0.2, 0.25) is 0 Å². The van der Waals surface area contributed by atoms with Crippen LogP contribution in [0.3, 0.4) is 0 Å². The summed E-state index contributed by atoms with van der Waals surface area (Å²) in [5.41, 5.74) is 1.33. The minimum Gasteiger partial charge on any atom is -0.480 e. The molecular formula is C23H20N2O5. The molecule has 3 aromatic rings. The molecule has 0 bridgehead atoms. The van der Waals surface area contributed by atoms with Crippen LogP contribution in [0.5, 0.6) is 0 Å². The number of carboxylic acid groups (broad SMARTS) is 1. The minimum absolute atomic E-state index is 0.0285. The number of benzene rings is 2. The maximum absolute atomic E-state index is 12.9.